The predicted molar refractivity (Wildman–Crippen MR) is 79.3 cm³/mol. The smallest absolute Gasteiger partial charge is 0.149 e. The summed E-state index contributed by atoms with van der Waals surface area (Å²) in [5, 5.41) is 4.21. The summed E-state index contributed by atoms with van der Waals surface area (Å²) in [7, 11) is 0. The zero-order chi connectivity index (χ0) is 14.2. The van der Waals surface area contributed by atoms with Gasteiger partial charge in [0.05, 0.1) is 0 Å². The van der Waals surface area contributed by atoms with Crippen molar-refractivity contribution >= 4 is 16.6 Å². The molecule has 0 unspecified atom stereocenters. The number of aryl methyl sites for hydroxylation is 1. The van der Waals surface area contributed by atoms with Gasteiger partial charge in [0.1, 0.15) is 11.3 Å². The normalized spacial score (nSPS) is 11.9. The average molecular weight is 260 g/mol. The van der Waals surface area contributed by atoms with Crippen LogP contribution in [0.15, 0.2) is 18.2 Å². The maximum Gasteiger partial charge on any atom is 0.149 e. The highest BCUT2D eigenvalue weighted by molar-refractivity contribution is 5.94. The molecule has 102 valence electrons. The maximum absolute atomic E-state index is 14.1. The molecule has 0 bridgehead atoms. The fourth-order valence-electron chi connectivity index (χ4n) is 2.19. The quantitative estimate of drug-likeness (QED) is 0.865. The van der Waals surface area contributed by atoms with E-state index >= 15 is 0 Å². The van der Waals surface area contributed by atoms with Crippen LogP contribution in [0.1, 0.15) is 39.0 Å². The number of anilines is 1. The Kier molecular flexibility index (Phi) is 3.48. The first-order valence-electron chi connectivity index (χ1n) is 6.68. The van der Waals surface area contributed by atoms with Crippen molar-refractivity contribution in [3.8, 4) is 0 Å². The van der Waals surface area contributed by atoms with Crippen molar-refractivity contribution in [2.45, 2.75) is 40.0 Å². The number of nitrogens with one attached hydrogen (secondary N) is 1. The Balaban J connectivity index is 2.83. The third-order valence-electron chi connectivity index (χ3n) is 3.26. The third-order valence-corrected chi connectivity index (χ3v) is 3.26. The van der Waals surface area contributed by atoms with Crippen LogP contribution in [0.25, 0.3) is 10.9 Å². The zero-order valence-corrected chi connectivity index (χ0v) is 12.3. The van der Waals surface area contributed by atoms with Gasteiger partial charge < -0.3 is 5.32 Å². The van der Waals surface area contributed by atoms with Crippen LogP contribution in [-0.2, 0) is 5.41 Å². The summed E-state index contributed by atoms with van der Waals surface area (Å²) < 4.78 is 14.1. The summed E-state index contributed by atoms with van der Waals surface area (Å²) in [5.74, 6) is -0.258. The van der Waals surface area contributed by atoms with Gasteiger partial charge in [0, 0.05) is 28.7 Å². The standard InChI is InChI=1S/C16H21FN2/c1-6-18-12-9-13(16(3,4)5)19-15-11(17)8-7-10(2)14(12)15/h7-9H,6H2,1-5H3,(H,18,19). The minimum Gasteiger partial charge on any atom is -0.385 e. The van der Waals surface area contributed by atoms with E-state index in [1.807, 2.05) is 19.9 Å². The van der Waals surface area contributed by atoms with Crippen LogP contribution in [0.3, 0.4) is 0 Å². The molecule has 0 amide bonds. The van der Waals surface area contributed by atoms with Gasteiger partial charge in [-0.15, -0.1) is 0 Å². The lowest BCUT2D eigenvalue weighted by molar-refractivity contribution is 0.569. The van der Waals surface area contributed by atoms with E-state index in [1.165, 1.54) is 6.07 Å². The highest BCUT2D eigenvalue weighted by Crippen LogP contribution is 2.32. The molecule has 0 saturated heterocycles. The molecular weight excluding hydrogens is 239 g/mol. The van der Waals surface area contributed by atoms with E-state index in [9.17, 15) is 4.39 Å². The lowest BCUT2D eigenvalue weighted by Crippen LogP contribution is -2.15. The van der Waals surface area contributed by atoms with Crippen molar-refractivity contribution in [3.05, 3.63) is 35.3 Å². The van der Waals surface area contributed by atoms with Crippen molar-refractivity contribution in [3.63, 3.8) is 0 Å². The van der Waals surface area contributed by atoms with Gasteiger partial charge in [-0.3, -0.25) is 0 Å². The maximum atomic E-state index is 14.1. The largest absolute Gasteiger partial charge is 0.385 e. The molecule has 2 nitrogen and oxygen atoms in total. The van der Waals surface area contributed by atoms with Gasteiger partial charge in [-0.25, -0.2) is 9.37 Å². The van der Waals surface area contributed by atoms with E-state index in [4.69, 9.17) is 0 Å². The van der Waals surface area contributed by atoms with Gasteiger partial charge in [-0.1, -0.05) is 26.8 Å². The Bertz CT molecular complexity index is 612. The van der Waals surface area contributed by atoms with Gasteiger partial charge >= 0.3 is 0 Å². The summed E-state index contributed by atoms with van der Waals surface area (Å²) in [4.78, 5) is 4.53. The molecule has 0 aliphatic heterocycles. The Morgan fingerprint density at radius 1 is 1.26 bits per heavy atom. The first kappa shape index (κ1) is 13.8. The summed E-state index contributed by atoms with van der Waals surface area (Å²) in [6.07, 6.45) is 0. The van der Waals surface area contributed by atoms with Crippen LogP contribution in [0.2, 0.25) is 0 Å². The Labute approximate surface area is 114 Å². The molecule has 1 aromatic heterocycles. The van der Waals surface area contributed by atoms with E-state index in [0.29, 0.717) is 5.52 Å². The summed E-state index contributed by atoms with van der Waals surface area (Å²) in [6, 6.07) is 5.34. The first-order valence-corrected chi connectivity index (χ1v) is 6.68. The van der Waals surface area contributed by atoms with Gasteiger partial charge in [0.2, 0.25) is 0 Å². The molecule has 2 rings (SSSR count). The monoisotopic (exact) mass is 260 g/mol. The predicted octanol–water partition coefficient (Wildman–Crippen LogP) is 4.41. The lowest BCUT2D eigenvalue weighted by Gasteiger charge is -2.21. The molecule has 0 spiro atoms. The van der Waals surface area contributed by atoms with E-state index in [1.54, 1.807) is 6.07 Å². The van der Waals surface area contributed by atoms with Crippen molar-refractivity contribution < 1.29 is 4.39 Å². The van der Waals surface area contributed by atoms with E-state index < -0.39 is 0 Å². The second-order valence-corrected chi connectivity index (χ2v) is 5.92. The number of halogens is 1. The van der Waals surface area contributed by atoms with Gasteiger partial charge in [-0.2, -0.15) is 0 Å². The average Bonchev–Trinajstić information content (AvgIpc) is 2.33. The van der Waals surface area contributed by atoms with Crippen LogP contribution in [0.4, 0.5) is 10.1 Å². The van der Waals surface area contributed by atoms with E-state index in [0.717, 1.165) is 28.9 Å². The highest BCUT2D eigenvalue weighted by atomic mass is 19.1. The van der Waals surface area contributed by atoms with Gasteiger partial charge in [0.15, 0.2) is 0 Å². The second kappa shape index (κ2) is 4.80. The van der Waals surface area contributed by atoms with Crippen molar-refractivity contribution in [2.75, 3.05) is 11.9 Å². The topological polar surface area (TPSA) is 24.9 Å². The molecule has 3 heteroatoms. The molecule has 0 aliphatic rings. The lowest BCUT2D eigenvalue weighted by atomic mass is 9.90. The summed E-state index contributed by atoms with van der Waals surface area (Å²) >= 11 is 0. The Hall–Kier alpha value is -1.64. The number of nitrogens with zero attached hydrogens (tertiary/aromatic N) is 1. The van der Waals surface area contributed by atoms with Crippen LogP contribution >= 0.6 is 0 Å². The fraction of sp³-hybridized carbons (Fsp3) is 0.438. The molecule has 19 heavy (non-hydrogen) atoms. The van der Waals surface area contributed by atoms with E-state index in [2.05, 4.69) is 31.1 Å². The minimum atomic E-state index is -0.258. The highest BCUT2D eigenvalue weighted by Gasteiger charge is 2.19. The van der Waals surface area contributed by atoms with Crippen molar-refractivity contribution in [2.24, 2.45) is 0 Å². The number of benzene rings is 1. The van der Waals surface area contributed by atoms with Crippen molar-refractivity contribution in [1.29, 1.82) is 0 Å². The molecule has 0 fully saturated rings. The first-order chi connectivity index (χ1) is 8.84. The summed E-state index contributed by atoms with van der Waals surface area (Å²) in [6.45, 7) is 11.1. The molecule has 1 N–H and O–H groups in total. The molecule has 0 saturated carbocycles. The van der Waals surface area contributed by atoms with Crippen LogP contribution in [0, 0.1) is 12.7 Å². The zero-order valence-electron chi connectivity index (χ0n) is 12.3. The Morgan fingerprint density at radius 3 is 2.53 bits per heavy atom. The van der Waals surface area contributed by atoms with Gasteiger partial charge in [0.25, 0.3) is 0 Å². The number of hydrogen-bond acceptors (Lipinski definition) is 2. The SMILES string of the molecule is CCNc1cc(C(C)(C)C)nc2c(F)ccc(C)c12. The second-order valence-electron chi connectivity index (χ2n) is 5.92. The number of pyridine rings is 1. The third kappa shape index (κ3) is 2.55. The van der Waals surface area contributed by atoms with E-state index in [-0.39, 0.29) is 11.2 Å². The number of aromatic nitrogens is 1. The molecule has 0 atom stereocenters. The molecule has 1 heterocycles. The molecule has 0 aliphatic carbocycles. The molecule has 1 aromatic carbocycles. The number of hydrogen-bond donors (Lipinski definition) is 1. The van der Waals surface area contributed by atoms with Crippen LogP contribution < -0.4 is 5.32 Å². The van der Waals surface area contributed by atoms with Crippen LogP contribution in [0.5, 0.6) is 0 Å². The fourth-order valence-corrected chi connectivity index (χ4v) is 2.19. The number of rotatable bonds is 2. The Morgan fingerprint density at radius 2 is 1.95 bits per heavy atom. The molecule has 2 aromatic rings. The molecular formula is C16H21FN2. The summed E-state index contributed by atoms with van der Waals surface area (Å²) in [5.41, 5.74) is 3.27. The number of fused-ring (bicyclic) bond motifs is 1. The van der Waals surface area contributed by atoms with Crippen molar-refractivity contribution in [1.82, 2.24) is 4.98 Å². The molecule has 0 radical (unpaired) electrons. The van der Waals surface area contributed by atoms with Crippen LogP contribution in [-0.4, -0.2) is 11.5 Å². The van der Waals surface area contributed by atoms with Gasteiger partial charge in [-0.05, 0) is 31.5 Å². The minimum absolute atomic E-state index is 0.103.